The summed E-state index contributed by atoms with van der Waals surface area (Å²) >= 11 is 0. The second kappa shape index (κ2) is 8.40. The zero-order valence-electron chi connectivity index (χ0n) is 14.3. The highest BCUT2D eigenvalue weighted by Gasteiger charge is 2.16. The molecule has 2 aromatic rings. The van der Waals surface area contributed by atoms with Crippen molar-refractivity contribution in [3.8, 4) is 0 Å². The summed E-state index contributed by atoms with van der Waals surface area (Å²) in [6.07, 6.45) is 0.762. The molecule has 2 rings (SSSR count). The highest BCUT2D eigenvalue weighted by Crippen LogP contribution is 2.17. The fourth-order valence-electron chi connectivity index (χ4n) is 2.36. The Bertz CT molecular complexity index is 738. The first kappa shape index (κ1) is 17.9. The molecule has 0 aliphatic carbocycles. The van der Waals surface area contributed by atoms with Gasteiger partial charge in [0.1, 0.15) is 5.69 Å². The number of carbonyl (C=O) groups is 1. The van der Waals surface area contributed by atoms with Crippen LogP contribution in [0.2, 0.25) is 0 Å². The average molecular weight is 329 g/mol. The monoisotopic (exact) mass is 329 g/mol. The van der Waals surface area contributed by atoms with Crippen molar-refractivity contribution in [3.63, 3.8) is 0 Å². The van der Waals surface area contributed by atoms with Crippen LogP contribution >= 0.6 is 0 Å². The van der Waals surface area contributed by atoms with Crippen LogP contribution in [0.5, 0.6) is 0 Å². The van der Waals surface area contributed by atoms with Crippen LogP contribution in [0.4, 0.5) is 0 Å². The molecule has 1 atom stereocenters. The van der Waals surface area contributed by atoms with Crippen molar-refractivity contribution in [2.24, 2.45) is 0 Å². The lowest BCUT2D eigenvalue weighted by molar-refractivity contribution is 0.0927. The molecule has 0 bridgehead atoms. The van der Waals surface area contributed by atoms with Gasteiger partial charge in [0.05, 0.1) is 19.2 Å². The minimum Gasteiger partial charge on any atom is -0.383 e. The third-order valence-corrected chi connectivity index (χ3v) is 3.80. The first-order valence-electron chi connectivity index (χ1n) is 7.99. The average Bonchev–Trinajstić information content (AvgIpc) is 2.59. The van der Waals surface area contributed by atoms with Crippen LogP contribution in [0, 0.1) is 6.92 Å². The molecule has 0 radical (unpaired) electrons. The normalized spacial score (nSPS) is 12.0. The zero-order valence-corrected chi connectivity index (χ0v) is 14.3. The molecule has 1 aromatic carbocycles. The number of amides is 1. The van der Waals surface area contributed by atoms with Crippen molar-refractivity contribution in [1.82, 2.24) is 15.1 Å². The molecule has 0 saturated heterocycles. The summed E-state index contributed by atoms with van der Waals surface area (Å²) in [5.41, 5.74) is 2.18. The molecule has 0 fully saturated rings. The van der Waals surface area contributed by atoms with Gasteiger partial charge < -0.3 is 10.1 Å². The lowest BCUT2D eigenvalue weighted by atomic mass is 10.0. The predicted molar refractivity (Wildman–Crippen MR) is 92.1 cm³/mol. The standard InChI is InChI=1S/C18H23N3O3/c1-4-15(14-7-5-13(2)6-8-14)19-18(23)16-9-10-17(22)21(20-16)11-12-24-3/h5-10,15H,4,11-12H2,1-3H3,(H,19,23). The van der Waals surface area contributed by atoms with Gasteiger partial charge in [0.25, 0.3) is 11.5 Å². The highest BCUT2D eigenvalue weighted by atomic mass is 16.5. The molecule has 6 nitrogen and oxygen atoms in total. The second-order valence-corrected chi connectivity index (χ2v) is 5.62. The van der Waals surface area contributed by atoms with Crippen LogP contribution in [0.25, 0.3) is 0 Å². The molecule has 1 N–H and O–H groups in total. The van der Waals surface area contributed by atoms with E-state index >= 15 is 0 Å². The third-order valence-electron chi connectivity index (χ3n) is 3.80. The van der Waals surface area contributed by atoms with Crippen molar-refractivity contribution >= 4 is 5.91 Å². The second-order valence-electron chi connectivity index (χ2n) is 5.62. The van der Waals surface area contributed by atoms with E-state index in [0.29, 0.717) is 13.2 Å². The molecule has 1 aromatic heterocycles. The van der Waals surface area contributed by atoms with Crippen molar-refractivity contribution in [2.75, 3.05) is 13.7 Å². The summed E-state index contributed by atoms with van der Waals surface area (Å²) in [5, 5.41) is 7.09. The Morgan fingerprint density at radius 2 is 1.96 bits per heavy atom. The van der Waals surface area contributed by atoms with Gasteiger partial charge in [-0.3, -0.25) is 9.59 Å². The van der Waals surface area contributed by atoms with Crippen LogP contribution in [0.1, 0.15) is 41.0 Å². The molecule has 128 valence electrons. The molecule has 0 aliphatic rings. The Hall–Kier alpha value is -2.47. The number of nitrogens with one attached hydrogen (secondary N) is 1. The first-order valence-corrected chi connectivity index (χ1v) is 7.99. The smallest absolute Gasteiger partial charge is 0.272 e. The van der Waals surface area contributed by atoms with Crippen molar-refractivity contribution in [2.45, 2.75) is 32.9 Å². The topological polar surface area (TPSA) is 73.2 Å². The van der Waals surface area contributed by atoms with Gasteiger partial charge in [-0.1, -0.05) is 36.8 Å². The van der Waals surface area contributed by atoms with E-state index < -0.39 is 0 Å². The fraction of sp³-hybridized carbons (Fsp3) is 0.389. The van der Waals surface area contributed by atoms with Gasteiger partial charge >= 0.3 is 0 Å². The number of carbonyl (C=O) groups excluding carboxylic acids is 1. The maximum Gasteiger partial charge on any atom is 0.272 e. The highest BCUT2D eigenvalue weighted by molar-refractivity contribution is 5.92. The maximum absolute atomic E-state index is 12.5. The van der Waals surface area contributed by atoms with Gasteiger partial charge in [-0.15, -0.1) is 0 Å². The largest absolute Gasteiger partial charge is 0.383 e. The number of hydrogen-bond donors (Lipinski definition) is 1. The molecular weight excluding hydrogens is 306 g/mol. The minimum atomic E-state index is -0.298. The van der Waals surface area contributed by atoms with E-state index in [1.54, 1.807) is 7.11 Å². The Morgan fingerprint density at radius 1 is 1.25 bits per heavy atom. The summed E-state index contributed by atoms with van der Waals surface area (Å²) < 4.78 is 6.19. The van der Waals surface area contributed by atoms with Crippen LogP contribution < -0.4 is 10.9 Å². The molecule has 1 amide bonds. The van der Waals surface area contributed by atoms with Gasteiger partial charge in [0.2, 0.25) is 0 Å². The van der Waals surface area contributed by atoms with E-state index in [-0.39, 0.29) is 23.2 Å². The van der Waals surface area contributed by atoms with Gasteiger partial charge in [0, 0.05) is 13.2 Å². The molecule has 6 heteroatoms. The summed E-state index contributed by atoms with van der Waals surface area (Å²) in [6.45, 7) is 4.71. The predicted octanol–water partition coefficient (Wildman–Crippen LogP) is 2.08. The van der Waals surface area contributed by atoms with E-state index in [9.17, 15) is 9.59 Å². The number of hydrogen-bond acceptors (Lipinski definition) is 4. The van der Waals surface area contributed by atoms with E-state index in [4.69, 9.17) is 4.74 Å². The van der Waals surface area contributed by atoms with E-state index in [2.05, 4.69) is 10.4 Å². The van der Waals surface area contributed by atoms with Crippen molar-refractivity contribution in [3.05, 3.63) is 63.6 Å². The molecule has 1 unspecified atom stereocenters. The van der Waals surface area contributed by atoms with Crippen LogP contribution in [0.15, 0.2) is 41.2 Å². The molecule has 0 saturated carbocycles. The van der Waals surface area contributed by atoms with Gasteiger partial charge in [-0.2, -0.15) is 5.10 Å². The Morgan fingerprint density at radius 3 is 2.58 bits per heavy atom. The Balaban J connectivity index is 2.15. The minimum absolute atomic E-state index is 0.0979. The fourth-order valence-corrected chi connectivity index (χ4v) is 2.36. The number of ether oxygens (including phenoxy) is 1. The number of benzene rings is 1. The van der Waals surface area contributed by atoms with Crippen LogP contribution in [-0.2, 0) is 11.3 Å². The van der Waals surface area contributed by atoms with E-state index in [1.807, 2.05) is 38.1 Å². The van der Waals surface area contributed by atoms with Crippen LogP contribution in [-0.4, -0.2) is 29.4 Å². The summed E-state index contributed by atoms with van der Waals surface area (Å²) in [4.78, 5) is 24.2. The lowest BCUT2D eigenvalue weighted by Gasteiger charge is -2.17. The number of aromatic nitrogens is 2. The quantitative estimate of drug-likeness (QED) is 0.844. The maximum atomic E-state index is 12.5. The van der Waals surface area contributed by atoms with Crippen LogP contribution in [0.3, 0.4) is 0 Å². The summed E-state index contributed by atoms with van der Waals surface area (Å²) in [6, 6.07) is 10.8. The molecular formula is C18H23N3O3. The Labute approximate surface area is 141 Å². The number of methoxy groups -OCH3 is 1. The third kappa shape index (κ3) is 4.52. The van der Waals surface area contributed by atoms with Crippen molar-refractivity contribution < 1.29 is 9.53 Å². The number of rotatable bonds is 7. The number of aryl methyl sites for hydroxylation is 1. The summed E-state index contributed by atoms with van der Waals surface area (Å²) in [5.74, 6) is -0.298. The van der Waals surface area contributed by atoms with E-state index in [0.717, 1.165) is 12.0 Å². The molecule has 1 heterocycles. The van der Waals surface area contributed by atoms with Gasteiger partial charge in [0.15, 0.2) is 0 Å². The van der Waals surface area contributed by atoms with E-state index in [1.165, 1.54) is 22.4 Å². The van der Waals surface area contributed by atoms with Gasteiger partial charge in [-0.25, -0.2) is 4.68 Å². The van der Waals surface area contributed by atoms with Gasteiger partial charge in [-0.05, 0) is 25.0 Å². The summed E-state index contributed by atoms with van der Waals surface area (Å²) in [7, 11) is 1.55. The molecule has 0 aliphatic heterocycles. The lowest BCUT2D eigenvalue weighted by Crippen LogP contribution is -2.32. The first-order chi connectivity index (χ1) is 11.5. The van der Waals surface area contributed by atoms with Crippen molar-refractivity contribution in [1.29, 1.82) is 0 Å². The Kier molecular flexibility index (Phi) is 6.26. The molecule has 24 heavy (non-hydrogen) atoms. The number of nitrogens with zero attached hydrogens (tertiary/aromatic N) is 2. The molecule has 0 spiro atoms. The zero-order chi connectivity index (χ0) is 17.5. The SMILES string of the molecule is CCC(NC(=O)c1ccc(=O)n(CCOC)n1)c1ccc(C)cc1.